The van der Waals surface area contributed by atoms with Gasteiger partial charge in [0.1, 0.15) is 16.6 Å². The van der Waals surface area contributed by atoms with Crippen LogP contribution in [0.4, 0.5) is 0 Å². The van der Waals surface area contributed by atoms with Gasteiger partial charge in [-0.1, -0.05) is 85.4 Å². The van der Waals surface area contributed by atoms with Gasteiger partial charge in [-0.3, -0.25) is 0 Å². The molecule has 0 heterocycles. The molecule has 174 valence electrons. The number of rotatable bonds is 8. The summed E-state index contributed by atoms with van der Waals surface area (Å²) in [6, 6.07) is 41.6. The minimum Gasteiger partial charge on any atom is -0.493 e. The number of fused-ring (bicyclic) bond motifs is 1. The van der Waals surface area contributed by atoms with E-state index in [1.807, 2.05) is 11.8 Å². The third kappa shape index (κ3) is 5.27. The molecule has 0 aliphatic carbocycles. The summed E-state index contributed by atoms with van der Waals surface area (Å²) < 4.78 is 6.17. The summed E-state index contributed by atoms with van der Waals surface area (Å²) in [4.78, 5) is 6.48. The van der Waals surface area contributed by atoms with Crippen molar-refractivity contribution in [2.24, 2.45) is 0 Å². The zero-order chi connectivity index (χ0) is 24.0. The van der Waals surface area contributed by atoms with Crippen molar-refractivity contribution in [2.75, 3.05) is 6.61 Å². The molecule has 0 amide bonds. The van der Waals surface area contributed by atoms with Crippen molar-refractivity contribution < 1.29 is 4.74 Å². The molecular formula is C32H29OS2+. The minimum atomic E-state index is -0.275. The molecule has 0 fully saturated rings. The zero-order valence-corrected chi connectivity index (χ0v) is 21.7. The highest BCUT2D eigenvalue weighted by Crippen LogP contribution is 2.44. The van der Waals surface area contributed by atoms with Crippen LogP contribution in [0.2, 0.25) is 0 Å². The summed E-state index contributed by atoms with van der Waals surface area (Å²) in [6.45, 7) is 5.04. The summed E-state index contributed by atoms with van der Waals surface area (Å²) in [5.74, 6) is 0.976. The van der Waals surface area contributed by atoms with E-state index >= 15 is 0 Å². The normalized spacial score (nSPS) is 11.9. The van der Waals surface area contributed by atoms with E-state index in [0.29, 0.717) is 0 Å². The van der Waals surface area contributed by atoms with E-state index in [9.17, 15) is 0 Å². The Morgan fingerprint density at radius 2 is 1.40 bits per heavy atom. The van der Waals surface area contributed by atoms with Crippen molar-refractivity contribution in [3.05, 3.63) is 121 Å². The monoisotopic (exact) mass is 493 g/mol. The smallest absolute Gasteiger partial charge is 0.181 e. The van der Waals surface area contributed by atoms with Crippen LogP contribution in [-0.4, -0.2) is 6.61 Å². The lowest BCUT2D eigenvalue weighted by Crippen LogP contribution is -2.08. The first-order chi connectivity index (χ1) is 17.2. The topological polar surface area (TPSA) is 9.23 Å². The molecule has 0 N–H and O–H groups in total. The highest BCUT2D eigenvalue weighted by atomic mass is 32.2. The van der Waals surface area contributed by atoms with Crippen LogP contribution in [0.1, 0.15) is 18.9 Å². The molecular weight excluding hydrogens is 464 g/mol. The van der Waals surface area contributed by atoms with Gasteiger partial charge >= 0.3 is 0 Å². The summed E-state index contributed by atoms with van der Waals surface area (Å²) in [6.07, 6.45) is 0.993. The Labute approximate surface area is 215 Å². The van der Waals surface area contributed by atoms with Crippen LogP contribution in [0.5, 0.6) is 5.75 Å². The molecule has 3 heteroatoms. The molecule has 35 heavy (non-hydrogen) atoms. The molecule has 5 aromatic carbocycles. The Balaban J connectivity index is 1.74. The Morgan fingerprint density at radius 1 is 0.714 bits per heavy atom. The highest BCUT2D eigenvalue weighted by molar-refractivity contribution is 8.01. The molecule has 5 rings (SSSR count). The van der Waals surface area contributed by atoms with Gasteiger partial charge in [0.2, 0.25) is 0 Å². The predicted molar refractivity (Wildman–Crippen MR) is 150 cm³/mol. The average Bonchev–Trinajstić information content (AvgIpc) is 2.91. The second-order valence-corrected chi connectivity index (χ2v) is 11.5. The van der Waals surface area contributed by atoms with Gasteiger partial charge in [-0.2, -0.15) is 0 Å². The number of benzene rings is 5. The van der Waals surface area contributed by atoms with Crippen LogP contribution >= 0.6 is 11.8 Å². The Kier molecular flexibility index (Phi) is 7.46. The van der Waals surface area contributed by atoms with Crippen LogP contribution in [0.3, 0.4) is 0 Å². The van der Waals surface area contributed by atoms with Crippen molar-refractivity contribution in [3.63, 3.8) is 0 Å². The van der Waals surface area contributed by atoms with Gasteiger partial charge in [-0.15, -0.1) is 0 Å². The van der Waals surface area contributed by atoms with Gasteiger partial charge in [0.05, 0.1) is 11.5 Å². The van der Waals surface area contributed by atoms with Crippen LogP contribution in [-0.2, 0) is 10.9 Å². The van der Waals surface area contributed by atoms with Crippen LogP contribution < -0.4 is 4.74 Å². The third-order valence-corrected chi connectivity index (χ3v) is 9.35. The van der Waals surface area contributed by atoms with E-state index in [1.54, 1.807) is 0 Å². The van der Waals surface area contributed by atoms with E-state index in [-0.39, 0.29) is 10.9 Å². The van der Waals surface area contributed by atoms with E-state index < -0.39 is 0 Å². The van der Waals surface area contributed by atoms with Gasteiger partial charge < -0.3 is 4.74 Å². The highest BCUT2D eigenvalue weighted by Gasteiger charge is 2.34. The largest absolute Gasteiger partial charge is 0.493 e. The van der Waals surface area contributed by atoms with E-state index in [2.05, 4.69) is 129 Å². The Hall–Kier alpha value is -3.14. The van der Waals surface area contributed by atoms with E-state index in [0.717, 1.165) is 18.8 Å². The number of hydrogen-bond donors (Lipinski definition) is 0. The average molecular weight is 494 g/mol. The van der Waals surface area contributed by atoms with E-state index in [4.69, 9.17) is 4.74 Å². The van der Waals surface area contributed by atoms with Crippen molar-refractivity contribution in [3.8, 4) is 5.75 Å². The maximum Gasteiger partial charge on any atom is 0.181 e. The van der Waals surface area contributed by atoms with Crippen LogP contribution in [0.25, 0.3) is 10.8 Å². The van der Waals surface area contributed by atoms with Crippen molar-refractivity contribution >= 4 is 33.4 Å². The molecule has 0 aliphatic heterocycles. The molecule has 1 unspecified atom stereocenters. The molecule has 0 saturated heterocycles. The second-order valence-electron chi connectivity index (χ2n) is 8.42. The lowest BCUT2D eigenvalue weighted by molar-refractivity contribution is 0.314. The minimum absolute atomic E-state index is 0.275. The van der Waals surface area contributed by atoms with Gasteiger partial charge in [-0.25, -0.2) is 0 Å². The first-order valence-corrected chi connectivity index (χ1v) is 14.1. The first-order valence-electron chi connectivity index (χ1n) is 12.0. The predicted octanol–water partition coefficient (Wildman–Crippen LogP) is 9.18. The lowest BCUT2D eigenvalue weighted by Gasteiger charge is -2.17. The molecule has 0 bridgehead atoms. The molecule has 0 saturated carbocycles. The SMILES string of the molecule is CCCOc1cc(Sc2ccccc2)c([S+](c2ccccc2)c2cccc3ccccc23)cc1C. The molecule has 1 atom stereocenters. The van der Waals surface area contributed by atoms with Crippen molar-refractivity contribution in [2.45, 2.75) is 44.7 Å². The fourth-order valence-electron chi connectivity index (χ4n) is 4.17. The lowest BCUT2D eigenvalue weighted by atomic mass is 10.1. The maximum atomic E-state index is 6.17. The molecule has 0 radical (unpaired) electrons. The summed E-state index contributed by atoms with van der Waals surface area (Å²) in [5.41, 5.74) is 1.18. The first kappa shape index (κ1) is 23.6. The number of hydrogen-bond acceptors (Lipinski definition) is 2. The Morgan fingerprint density at radius 3 is 2.17 bits per heavy atom. The van der Waals surface area contributed by atoms with Gasteiger partial charge in [0, 0.05) is 16.3 Å². The van der Waals surface area contributed by atoms with Crippen LogP contribution in [0.15, 0.2) is 140 Å². The molecule has 0 aromatic heterocycles. The summed E-state index contributed by atoms with van der Waals surface area (Å²) in [5, 5.41) is 2.58. The molecule has 1 nitrogen and oxygen atoms in total. The molecule has 0 aliphatic rings. The number of aryl methyl sites for hydroxylation is 1. The zero-order valence-electron chi connectivity index (χ0n) is 20.1. The van der Waals surface area contributed by atoms with Gasteiger partial charge in [0.15, 0.2) is 14.7 Å². The fraction of sp³-hybridized carbons (Fsp3) is 0.125. The molecule has 0 spiro atoms. The second kappa shape index (κ2) is 11.1. The van der Waals surface area contributed by atoms with Crippen molar-refractivity contribution in [1.82, 2.24) is 0 Å². The standard InChI is InChI=1S/C32H29OS2/c1-3-21-33-29-23-30(34-26-15-6-4-7-16-26)32(22-24(29)2)35(27-17-8-5-9-18-27)31-20-12-14-25-13-10-11-19-28(25)31/h4-20,22-23H,3,21H2,1-2H3/q+1. The Bertz CT molecular complexity index is 1410. The number of ether oxygens (including phenoxy) is 1. The van der Waals surface area contributed by atoms with E-state index in [1.165, 1.54) is 40.8 Å². The summed E-state index contributed by atoms with van der Waals surface area (Å²) in [7, 11) is -0.275. The third-order valence-electron chi connectivity index (χ3n) is 5.84. The fourth-order valence-corrected chi connectivity index (χ4v) is 7.76. The molecule has 5 aromatic rings. The summed E-state index contributed by atoms with van der Waals surface area (Å²) >= 11 is 1.82. The van der Waals surface area contributed by atoms with Gasteiger partial charge in [0.25, 0.3) is 0 Å². The van der Waals surface area contributed by atoms with Gasteiger partial charge in [-0.05, 0) is 66.8 Å². The van der Waals surface area contributed by atoms with Crippen molar-refractivity contribution in [1.29, 1.82) is 0 Å². The quantitative estimate of drug-likeness (QED) is 0.199. The van der Waals surface area contributed by atoms with Crippen LogP contribution in [0, 0.1) is 6.92 Å². The maximum absolute atomic E-state index is 6.17.